The largest absolute Gasteiger partial charge is 0.333 e. The molecule has 2 rings (SSSR count). The van der Waals surface area contributed by atoms with E-state index >= 15 is 0 Å². The molecule has 0 bridgehead atoms. The van der Waals surface area contributed by atoms with Crippen LogP contribution in [0.3, 0.4) is 0 Å². The van der Waals surface area contributed by atoms with Crippen molar-refractivity contribution in [3.8, 4) is 0 Å². The highest BCUT2D eigenvalue weighted by molar-refractivity contribution is 7.10. The van der Waals surface area contributed by atoms with Gasteiger partial charge in [-0.15, -0.1) is 11.3 Å². The van der Waals surface area contributed by atoms with E-state index in [1.165, 1.54) is 10.4 Å². The molecule has 118 valence electrons. The minimum absolute atomic E-state index is 0.0927. The smallest absolute Gasteiger partial charge is 0.254 e. The van der Waals surface area contributed by atoms with Gasteiger partial charge in [0.15, 0.2) is 0 Å². The van der Waals surface area contributed by atoms with Gasteiger partial charge in [-0.25, -0.2) is 0 Å². The first-order chi connectivity index (χ1) is 10.4. The minimum atomic E-state index is 0.0927. The van der Waals surface area contributed by atoms with Crippen molar-refractivity contribution in [3.05, 3.63) is 51.0 Å². The van der Waals surface area contributed by atoms with E-state index in [4.69, 9.17) is 0 Å². The summed E-state index contributed by atoms with van der Waals surface area (Å²) in [7, 11) is 0. The van der Waals surface area contributed by atoms with Crippen molar-refractivity contribution in [2.75, 3.05) is 6.54 Å². The summed E-state index contributed by atoms with van der Waals surface area (Å²) in [6.45, 7) is 11.7. The number of pyridine rings is 1. The van der Waals surface area contributed by atoms with Gasteiger partial charge in [0, 0.05) is 28.4 Å². The van der Waals surface area contributed by atoms with Crippen LogP contribution in [0.2, 0.25) is 0 Å². The van der Waals surface area contributed by atoms with Crippen LogP contribution in [0.25, 0.3) is 0 Å². The second-order valence-electron chi connectivity index (χ2n) is 6.24. The van der Waals surface area contributed by atoms with Crippen molar-refractivity contribution in [3.63, 3.8) is 0 Å². The van der Waals surface area contributed by atoms with Gasteiger partial charge in [0.2, 0.25) is 0 Å². The third-order valence-electron chi connectivity index (χ3n) is 3.50. The standard InChI is InChI=1S/C18H24N2OS/c1-12(2)10-20(11-17-13(3)6-7-22-17)18(21)16-8-14(4)19-15(5)9-16/h6-9,12H,10-11H2,1-5H3. The topological polar surface area (TPSA) is 33.2 Å². The number of carbonyl (C=O) groups is 1. The van der Waals surface area contributed by atoms with E-state index in [-0.39, 0.29) is 5.91 Å². The van der Waals surface area contributed by atoms with Crippen LogP contribution in [0, 0.1) is 26.7 Å². The summed E-state index contributed by atoms with van der Waals surface area (Å²) >= 11 is 1.72. The van der Waals surface area contributed by atoms with E-state index in [1.54, 1.807) is 11.3 Å². The average molecular weight is 316 g/mol. The molecule has 4 heteroatoms. The fourth-order valence-corrected chi connectivity index (χ4v) is 3.46. The number of amides is 1. The van der Waals surface area contributed by atoms with Crippen molar-refractivity contribution >= 4 is 17.2 Å². The first kappa shape index (κ1) is 16.7. The molecule has 0 aliphatic heterocycles. The maximum absolute atomic E-state index is 12.9. The van der Waals surface area contributed by atoms with E-state index in [0.29, 0.717) is 12.5 Å². The molecule has 0 N–H and O–H groups in total. The van der Waals surface area contributed by atoms with E-state index in [0.717, 1.165) is 23.5 Å². The summed E-state index contributed by atoms with van der Waals surface area (Å²) in [5.74, 6) is 0.531. The maximum Gasteiger partial charge on any atom is 0.254 e. The lowest BCUT2D eigenvalue weighted by atomic mass is 10.1. The molecule has 0 aliphatic carbocycles. The highest BCUT2D eigenvalue weighted by Crippen LogP contribution is 2.20. The number of carbonyl (C=O) groups excluding carboxylic acids is 1. The number of thiophene rings is 1. The number of hydrogen-bond acceptors (Lipinski definition) is 3. The highest BCUT2D eigenvalue weighted by atomic mass is 32.1. The molecule has 22 heavy (non-hydrogen) atoms. The van der Waals surface area contributed by atoms with Crippen LogP contribution >= 0.6 is 11.3 Å². The van der Waals surface area contributed by atoms with Crippen molar-refractivity contribution in [1.29, 1.82) is 0 Å². The molecule has 2 aromatic heterocycles. The Morgan fingerprint density at radius 2 is 1.86 bits per heavy atom. The number of hydrogen-bond donors (Lipinski definition) is 0. The van der Waals surface area contributed by atoms with Gasteiger partial charge in [-0.05, 0) is 55.8 Å². The van der Waals surface area contributed by atoms with Gasteiger partial charge in [0.25, 0.3) is 5.91 Å². The summed E-state index contributed by atoms with van der Waals surface area (Å²) in [5.41, 5.74) is 3.77. The number of rotatable bonds is 5. The van der Waals surface area contributed by atoms with Gasteiger partial charge >= 0.3 is 0 Å². The molecule has 0 saturated heterocycles. The van der Waals surface area contributed by atoms with Crippen LogP contribution in [0.1, 0.15) is 46.0 Å². The SMILES string of the molecule is Cc1cc(C(=O)N(Cc2sccc2C)CC(C)C)cc(C)n1. The maximum atomic E-state index is 12.9. The van der Waals surface area contributed by atoms with E-state index < -0.39 is 0 Å². The van der Waals surface area contributed by atoms with Crippen LogP contribution in [0.4, 0.5) is 0 Å². The Balaban J connectivity index is 2.27. The fraction of sp³-hybridized carbons (Fsp3) is 0.444. The van der Waals surface area contributed by atoms with E-state index in [1.807, 2.05) is 30.9 Å². The van der Waals surface area contributed by atoms with Gasteiger partial charge < -0.3 is 4.90 Å². The molecule has 0 unspecified atom stereocenters. The second kappa shape index (κ2) is 7.05. The molecule has 0 aromatic carbocycles. The van der Waals surface area contributed by atoms with Gasteiger partial charge in [-0.2, -0.15) is 0 Å². The van der Waals surface area contributed by atoms with Gasteiger partial charge in [0.1, 0.15) is 0 Å². The van der Waals surface area contributed by atoms with E-state index in [9.17, 15) is 4.79 Å². The predicted molar refractivity (Wildman–Crippen MR) is 92.3 cm³/mol. The van der Waals surface area contributed by atoms with Gasteiger partial charge in [-0.1, -0.05) is 13.8 Å². The number of nitrogens with zero attached hydrogens (tertiary/aromatic N) is 2. The quantitative estimate of drug-likeness (QED) is 0.821. The molecule has 0 radical (unpaired) electrons. The highest BCUT2D eigenvalue weighted by Gasteiger charge is 2.19. The lowest BCUT2D eigenvalue weighted by Crippen LogP contribution is -2.33. The number of aryl methyl sites for hydroxylation is 3. The molecule has 0 aliphatic rings. The zero-order chi connectivity index (χ0) is 16.3. The lowest BCUT2D eigenvalue weighted by molar-refractivity contribution is 0.0724. The summed E-state index contributed by atoms with van der Waals surface area (Å²) < 4.78 is 0. The van der Waals surface area contributed by atoms with Gasteiger partial charge in [-0.3, -0.25) is 9.78 Å². The molecule has 0 spiro atoms. The molecule has 3 nitrogen and oxygen atoms in total. The Bertz CT molecular complexity index is 641. The molecule has 0 fully saturated rings. The molecule has 2 heterocycles. The fourth-order valence-electron chi connectivity index (χ4n) is 2.54. The minimum Gasteiger partial charge on any atom is -0.333 e. The predicted octanol–water partition coefficient (Wildman–Crippen LogP) is 4.37. The van der Waals surface area contributed by atoms with Crippen LogP contribution in [0.5, 0.6) is 0 Å². The summed E-state index contributed by atoms with van der Waals surface area (Å²) in [4.78, 5) is 20.5. The molecule has 0 atom stereocenters. The third-order valence-corrected chi connectivity index (χ3v) is 4.51. The van der Waals surface area contributed by atoms with Crippen molar-refractivity contribution in [2.45, 2.75) is 41.2 Å². The monoisotopic (exact) mass is 316 g/mol. The van der Waals surface area contributed by atoms with Gasteiger partial charge in [0.05, 0.1) is 6.54 Å². The Morgan fingerprint density at radius 3 is 2.36 bits per heavy atom. The third kappa shape index (κ3) is 4.17. The van der Waals surface area contributed by atoms with Crippen molar-refractivity contribution in [2.24, 2.45) is 5.92 Å². The average Bonchev–Trinajstić information content (AvgIpc) is 2.81. The number of aromatic nitrogens is 1. The zero-order valence-electron chi connectivity index (χ0n) is 14.0. The zero-order valence-corrected chi connectivity index (χ0v) is 14.8. The second-order valence-corrected chi connectivity index (χ2v) is 7.25. The Morgan fingerprint density at radius 1 is 1.23 bits per heavy atom. The summed E-state index contributed by atoms with van der Waals surface area (Å²) in [5, 5.41) is 2.09. The normalized spacial score (nSPS) is 11.0. The molecule has 1 amide bonds. The van der Waals surface area contributed by atoms with Crippen LogP contribution in [-0.4, -0.2) is 22.3 Å². The Labute approximate surface area is 137 Å². The summed E-state index contributed by atoms with van der Waals surface area (Å²) in [6, 6.07) is 5.87. The first-order valence-electron chi connectivity index (χ1n) is 7.64. The Kier molecular flexibility index (Phi) is 5.35. The van der Waals surface area contributed by atoms with Crippen LogP contribution in [0.15, 0.2) is 23.6 Å². The summed E-state index contributed by atoms with van der Waals surface area (Å²) in [6.07, 6.45) is 0. The van der Waals surface area contributed by atoms with Crippen molar-refractivity contribution in [1.82, 2.24) is 9.88 Å². The molecule has 2 aromatic rings. The lowest BCUT2D eigenvalue weighted by Gasteiger charge is -2.25. The Hall–Kier alpha value is -1.68. The van der Waals surface area contributed by atoms with E-state index in [2.05, 4.69) is 37.2 Å². The first-order valence-corrected chi connectivity index (χ1v) is 8.52. The van der Waals surface area contributed by atoms with Crippen LogP contribution < -0.4 is 0 Å². The van der Waals surface area contributed by atoms with Crippen LogP contribution in [-0.2, 0) is 6.54 Å². The van der Waals surface area contributed by atoms with Crippen molar-refractivity contribution < 1.29 is 4.79 Å². The molecular weight excluding hydrogens is 292 g/mol. The molecule has 0 saturated carbocycles. The molecular formula is C18H24N2OS.